The first-order valence-corrected chi connectivity index (χ1v) is 31.1. The molecule has 15 nitrogen and oxygen atoms in total. The number of anilines is 2. The fourth-order valence-corrected chi connectivity index (χ4v) is 12.2. The van der Waals surface area contributed by atoms with Crippen molar-refractivity contribution in [2.24, 2.45) is 0 Å². The van der Waals surface area contributed by atoms with Crippen LogP contribution in [0.4, 0.5) is 17.2 Å². The van der Waals surface area contributed by atoms with E-state index in [2.05, 4.69) is 119 Å². The lowest BCUT2D eigenvalue weighted by molar-refractivity contribution is -0.437. The first-order chi connectivity index (χ1) is 37.1. The molecule has 1 amide bonds. The highest BCUT2D eigenvalue weighted by Crippen LogP contribution is 2.48. The quantitative estimate of drug-likeness (QED) is 0.0182. The van der Waals surface area contributed by atoms with Crippen LogP contribution in [0.15, 0.2) is 109 Å². The van der Waals surface area contributed by atoms with Crippen LogP contribution in [0.2, 0.25) is 0 Å². The number of aromatic nitrogens is 3. The predicted molar refractivity (Wildman–Crippen MR) is 314 cm³/mol. The average Bonchev–Trinajstić information content (AvgIpc) is 4.01. The van der Waals surface area contributed by atoms with Gasteiger partial charge in [-0.05, 0) is 137 Å². The molecule has 1 atom stereocenters. The zero-order valence-corrected chi connectivity index (χ0v) is 48.6. The highest BCUT2D eigenvalue weighted by molar-refractivity contribution is 7.86. The number of para-hydroxylation sites is 1. The molecule has 0 saturated heterocycles. The topological polar surface area (TPSA) is 198 Å². The van der Waals surface area contributed by atoms with E-state index in [9.17, 15) is 30.7 Å². The van der Waals surface area contributed by atoms with Crippen LogP contribution in [0.25, 0.3) is 0 Å². The molecule has 17 heteroatoms. The number of aryl methyl sites for hydroxylation is 3. The Hall–Kier alpha value is -5.85. The maximum Gasteiger partial charge on any atom is 0.265 e. The normalized spacial score (nSPS) is 16.9. The number of pyridine rings is 1. The van der Waals surface area contributed by atoms with E-state index < -0.39 is 25.7 Å². The molecule has 0 fully saturated rings. The minimum absolute atomic E-state index is 0.0331. The molecule has 0 radical (unpaired) electrons. The summed E-state index contributed by atoms with van der Waals surface area (Å²) in [7, 11) is -6.13. The van der Waals surface area contributed by atoms with Crippen molar-refractivity contribution in [3.8, 4) is 0 Å². The molecule has 1 unspecified atom stereocenters. The summed E-state index contributed by atoms with van der Waals surface area (Å²) < 4.78 is 67.7. The van der Waals surface area contributed by atoms with Crippen molar-refractivity contribution in [1.29, 1.82) is 0 Å². The Balaban J connectivity index is 0.920. The highest BCUT2D eigenvalue weighted by Gasteiger charge is 2.44. The van der Waals surface area contributed by atoms with Crippen molar-refractivity contribution in [3.63, 3.8) is 0 Å². The Labute approximate surface area is 464 Å². The Bertz CT molecular complexity index is 3130. The van der Waals surface area contributed by atoms with Crippen LogP contribution < -0.4 is 15.5 Å². The molecule has 0 bridgehead atoms. The lowest BCUT2D eigenvalue weighted by atomic mass is 9.80. The third-order valence-electron chi connectivity index (χ3n) is 15.5. The molecule has 2 aromatic carbocycles. The van der Waals surface area contributed by atoms with Crippen molar-refractivity contribution in [1.82, 2.24) is 25.2 Å². The van der Waals surface area contributed by atoms with Crippen molar-refractivity contribution in [2.45, 2.75) is 148 Å². The second-order valence-electron chi connectivity index (χ2n) is 22.4. The van der Waals surface area contributed by atoms with Gasteiger partial charge in [0.15, 0.2) is 5.71 Å². The van der Waals surface area contributed by atoms with Crippen LogP contribution >= 0.6 is 0 Å². The largest absolute Gasteiger partial charge is 0.370 e. The minimum Gasteiger partial charge on any atom is -0.370 e. The fraction of sp³-hybridized carbons (Fsp3) is 0.492. The zero-order valence-electron chi connectivity index (χ0n) is 47.0. The van der Waals surface area contributed by atoms with Gasteiger partial charge >= 0.3 is 0 Å². The number of allylic oxidation sites excluding steroid dienone is 8. The molecular formula is C61H83N8O7S2+. The van der Waals surface area contributed by atoms with Gasteiger partial charge in [-0.1, -0.05) is 94.7 Å². The number of hydrogen-bond acceptors (Lipinski definition) is 11. The average molecular weight is 1100 g/mol. The Morgan fingerprint density at radius 3 is 2.36 bits per heavy atom. The van der Waals surface area contributed by atoms with Gasteiger partial charge in [0.1, 0.15) is 18.2 Å². The van der Waals surface area contributed by atoms with Crippen LogP contribution in [0.1, 0.15) is 150 Å². The smallest absolute Gasteiger partial charge is 0.265 e. The molecule has 3 aliphatic rings. The summed E-state index contributed by atoms with van der Waals surface area (Å²) in [4.78, 5) is 31.5. The lowest BCUT2D eigenvalue weighted by Crippen LogP contribution is -2.28. The number of carbonyl (C=O) groups excluding carboxylic acids is 1. The molecule has 5 heterocycles. The second-order valence-corrected chi connectivity index (χ2v) is 25.6. The molecule has 0 saturated carbocycles. The van der Waals surface area contributed by atoms with E-state index in [1.165, 1.54) is 11.1 Å². The first-order valence-electron chi connectivity index (χ1n) is 27.9. The first kappa shape index (κ1) is 59.8. The van der Waals surface area contributed by atoms with Crippen LogP contribution in [0.3, 0.4) is 0 Å². The number of carbonyl (C=O) groups is 1. The molecule has 2 aromatic heterocycles. The predicted octanol–water partition coefficient (Wildman–Crippen LogP) is 10.6. The summed E-state index contributed by atoms with van der Waals surface area (Å²) >= 11 is 0. The molecule has 3 aliphatic heterocycles. The van der Waals surface area contributed by atoms with E-state index >= 15 is 0 Å². The minimum atomic E-state index is -4.13. The molecule has 4 N–H and O–H groups in total. The number of amides is 1. The second kappa shape index (κ2) is 26.9. The number of rotatable bonds is 28. The van der Waals surface area contributed by atoms with Crippen LogP contribution in [0, 0.1) is 6.92 Å². The van der Waals surface area contributed by atoms with E-state index in [4.69, 9.17) is 4.98 Å². The lowest BCUT2D eigenvalue weighted by Gasteiger charge is -2.27. The zero-order chi connectivity index (χ0) is 56.1. The van der Waals surface area contributed by atoms with Crippen molar-refractivity contribution in [3.05, 3.63) is 154 Å². The monoisotopic (exact) mass is 1100 g/mol. The molecule has 4 aromatic rings. The van der Waals surface area contributed by atoms with Crippen LogP contribution in [-0.2, 0) is 61.8 Å². The number of nitrogens with zero attached hydrogens (tertiary/aromatic N) is 6. The summed E-state index contributed by atoms with van der Waals surface area (Å²) in [6.07, 6.45) is 28.0. The number of hydrogen-bond donors (Lipinski definition) is 4. The molecule has 7 rings (SSSR count). The van der Waals surface area contributed by atoms with Gasteiger partial charge in [-0.3, -0.25) is 13.9 Å². The number of unbranched alkanes of at least 4 members (excludes halogenated alkanes) is 3. The standard InChI is InChI=1S/C61H82N8O7S2/c1-45(50-42-63-46(2)64-43-50)23-13-11-12-14-26-53-49(40-48-24-19-33-62-59(48)66-53)41-65-58(70)30-20-34-67(7)44-47-31-32-55-52(39-47)61(5,6)57(69(55)36-22-38-78(74,75)76)29-16-10-8-9-15-28-56-60(3,4)51-25-17-18-27-54(51)68(56)35-21-37-77(71,72)73/h8-10,15-18,25,27-29,31-32,39-40,42-43,45H,11-14,19-24,26,30,33-38,41,44H2,1-7H3,(H3-,62,65,66,70,71,72,73,74,75,76)/p+1. The van der Waals surface area contributed by atoms with Gasteiger partial charge < -0.3 is 20.4 Å². The maximum absolute atomic E-state index is 13.3. The summed E-state index contributed by atoms with van der Waals surface area (Å²) in [6, 6.07) is 16.8. The number of benzene rings is 2. The van der Waals surface area contributed by atoms with Gasteiger partial charge in [0.05, 0.1) is 16.9 Å². The summed E-state index contributed by atoms with van der Waals surface area (Å²) in [5.74, 6) is 1.61. The van der Waals surface area contributed by atoms with E-state index in [1.807, 2.05) is 67.9 Å². The number of fused-ring (bicyclic) bond motifs is 3. The van der Waals surface area contributed by atoms with Crippen molar-refractivity contribution >= 4 is 49.0 Å². The third kappa shape index (κ3) is 16.4. The Morgan fingerprint density at radius 1 is 0.872 bits per heavy atom. The molecule has 420 valence electrons. The molecule has 0 spiro atoms. The van der Waals surface area contributed by atoms with E-state index in [0.717, 1.165) is 127 Å². The molecule has 0 aliphatic carbocycles. The number of nitrogens with one attached hydrogen (secondary N) is 2. The van der Waals surface area contributed by atoms with E-state index in [1.54, 1.807) is 0 Å². The van der Waals surface area contributed by atoms with Crippen molar-refractivity contribution < 1.29 is 35.3 Å². The van der Waals surface area contributed by atoms with E-state index in [-0.39, 0.29) is 35.7 Å². The summed E-state index contributed by atoms with van der Waals surface area (Å²) in [5.41, 5.74) is 11.3. The van der Waals surface area contributed by atoms with Crippen LogP contribution in [0.5, 0.6) is 0 Å². The van der Waals surface area contributed by atoms with Gasteiger partial charge in [0.25, 0.3) is 20.2 Å². The highest BCUT2D eigenvalue weighted by atomic mass is 32.2. The molecule has 78 heavy (non-hydrogen) atoms. The molecular weight excluding hydrogens is 1020 g/mol. The van der Waals surface area contributed by atoms with Gasteiger partial charge in [0.2, 0.25) is 11.6 Å². The SMILES string of the molecule is Cc1ncc(C(C)CCCCCCc2nc3c(cc2CNC(=O)CCCN(C)Cc2ccc4c(c2)C(C)(C)C(/C=C/C=C/C=C/C=C2/N(CCCS(=O)(=O)O)c5ccccc5C2(C)C)=[N+]4CCCS(=O)(=O)O)CCCN3)cn1. The summed E-state index contributed by atoms with van der Waals surface area (Å²) in [5, 5.41) is 6.70. The Morgan fingerprint density at radius 2 is 1.59 bits per heavy atom. The summed E-state index contributed by atoms with van der Waals surface area (Å²) in [6.45, 7) is 16.5. The third-order valence-corrected chi connectivity index (χ3v) is 17.1. The van der Waals surface area contributed by atoms with E-state index in [0.29, 0.717) is 44.9 Å². The van der Waals surface area contributed by atoms with Crippen LogP contribution in [-0.4, -0.2) is 107 Å². The van der Waals surface area contributed by atoms with Gasteiger partial charge in [-0.25, -0.2) is 15.0 Å². The maximum atomic E-state index is 13.3. The Kier molecular flexibility index (Phi) is 20.6. The fourth-order valence-electron chi connectivity index (χ4n) is 11.2. The van der Waals surface area contributed by atoms with Gasteiger partial charge in [0, 0.05) is 91.6 Å². The van der Waals surface area contributed by atoms with Crippen molar-refractivity contribution in [2.75, 3.05) is 54.9 Å². The van der Waals surface area contributed by atoms with Gasteiger partial charge in [-0.15, -0.1) is 0 Å². The van der Waals surface area contributed by atoms with Gasteiger partial charge in [-0.2, -0.15) is 21.4 Å².